The van der Waals surface area contributed by atoms with Crippen molar-refractivity contribution in [3.8, 4) is 5.95 Å². The summed E-state index contributed by atoms with van der Waals surface area (Å²) in [7, 11) is 0. The molecule has 3 aromatic rings. The SMILES string of the molecule is Cc1cc(C(F)(F)F)ncc1NC(=O)N[C@@H](C)c1ncnn1-c1ncccn1. The summed E-state index contributed by atoms with van der Waals surface area (Å²) in [4.78, 5) is 27.8. The molecule has 2 amide bonds. The van der Waals surface area contributed by atoms with Crippen LogP contribution in [0.25, 0.3) is 5.95 Å². The summed E-state index contributed by atoms with van der Waals surface area (Å²) in [5.74, 6) is 0.662. The average molecular weight is 392 g/mol. The van der Waals surface area contributed by atoms with Crippen molar-refractivity contribution in [2.45, 2.75) is 26.1 Å². The van der Waals surface area contributed by atoms with Crippen molar-refractivity contribution in [1.82, 2.24) is 35.0 Å². The maximum atomic E-state index is 12.7. The molecule has 12 heteroatoms. The minimum absolute atomic E-state index is 0.158. The van der Waals surface area contributed by atoms with Gasteiger partial charge in [0.25, 0.3) is 5.95 Å². The molecule has 0 aliphatic heterocycles. The molecular formula is C16H15F3N8O. The van der Waals surface area contributed by atoms with E-state index in [1.54, 1.807) is 25.4 Å². The van der Waals surface area contributed by atoms with E-state index >= 15 is 0 Å². The maximum Gasteiger partial charge on any atom is 0.433 e. The molecule has 0 aliphatic rings. The number of nitrogens with one attached hydrogen (secondary N) is 2. The second-order valence-corrected chi connectivity index (χ2v) is 5.78. The third kappa shape index (κ3) is 4.22. The van der Waals surface area contributed by atoms with E-state index in [4.69, 9.17) is 0 Å². The number of aryl methyl sites for hydroxylation is 1. The zero-order valence-corrected chi connectivity index (χ0v) is 14.8. The van der Waals surface area contributed by atoms with Crippen LogP contribution in [-0.4, -0.2) is 35.7 Å². The highest BCUT2D eigenvalue weighted by molar-refractivity contribution is 5.90. The molecule has 0 fully saturated rings. The van der Waals surface area contributed by atoms with Crippen LogP contribution in [-0.2, 0) is 6.18 Å². The van der Waals surface area contributed by atoms with Crippen molar-refractivity contribution in [1.29, 1.82) is 0 Å². The number of hydrogen-bond acceptors (Lipinski definition) is 6. The lowest BCUT2D eigenvalue weighted by Crippen LogP contribution is -2.33. The molecule has 28 heavy (non-hydrogen) atoms. The normalized spacial score (nSPS) is 12.5. The van der Waals surface area contributed by atoms with E-state index in [2.05, 4.69) is 35.7 Å². The second-order valence-electron chi connectivity index (χ2n) is 5.78. The van der Waals surface area contributed by atoms with Gasteiger partial charge in [-0.1, -0.05) is 0 Å². The minimum Gasteiger partial charge on any atom is -0.328 e. The molecule has 146 valence electrons. The summed E-state index contributed by atoms with van der Waals surface area (Å²) in [5.41, 5.74) is -0.642. The summed E-state index contributed by atoms with van der Waals surface area (Å²) < 4.78 is 39.4. The molecule has 3 rings (SSSR count). The third-order valence-corrected chi connectivity index (χ3v) is 3.70. The van der Waals surface area contributed by atoms with Gasteiger partial charge in [-0.2, -0.15) is 23.0 Å². The van der Waals surface area contributed by atoms with Gasteiger partial charge in [-0.3, -0.25) is 0 Å². The Morgan fingerprint density at radius 1 is 1.18 bits per heavy atom. The van der Waals surface area contributed by atoms with Crippen LogP contribution in [0, 0.1) is 6.92 Å². The molecule has 0 unspecified atom stereocenters. The van der Waals surface area contributed by atoms with Crippen molar-refractivity contribution in [2.24, 2.45) is 0 Å². The Balaban J connectivity index is 1.70. The number of anilines is 1. The van der Waals surface area contributed by atoms with Crippen LogP contribution in [0.15, 0.2) is 37.1 Å². The molecule has 3 heterocycles. The highest BCUT2D eigenvalue weighted by Crippen LogP contribution is 2.29. The summed E-state index contributed by atoms with van der Waals surface area (Å²) >= 11 is 0. The highest BCUT2D eigenvalue weighted by atomic mass is 19.4. The number of carbonyl (C=O) groups is 1. The Kier molecular flexibility index (Phi) is 5.20. The van der Waals surface area contributed by atoms with Crippen molar-refractivity contribution >= 4 is 11.7 Å². The molecule has 0 aromatic carbocycles. The van der Waals surface area contributed by atoms with E-state index in [0.717, 1.165) is 12.3 Å². The lowest BCUT2D eigenvalue weighted by Gasteiger charge is -2.16. The summed E-state index contributed by atoms with van der Waals surface area (Å²) in [5, 5.41) is 9.14. The Hall–Kier alpha value is -3.57. The first kappa shape index (κ1) is 19.2. The van der Waals surface area contributed by atoms with Crippen LogP contribution >= 0.6 is 0 Å². The zero-order chi connectivity index (χ0) is 20.3. The van der Waals surface area contributed by atoms with E-state index in [9.17, 15) is 18.0 Å². The molecular weight excluding hydrogens is 377 g/mol. The lowest BCUT2D eigenvalue weighted by molar-refractivity contribution is -0.141. The average Bonchev–Trinajstić information content (AvgIpc) is 3.13. The van der Waals surface area contributed by atoms with Gasteiger partial charge in [0.2, 0.25) is 0 Å². The fourth-order valence-corrected chi connectivity index (χ4v) is 2.36. The van der Waals surface area contributed by atoms with Crippen molar-refractivity contribution in [3.63, 3.8) is 0 Å². The van der Waals surface area contributed by atoms with Crippen LogP contribution in [0.3, 0.4) is 0 Å². The molecule has 1 atom stereocenters. The summed E-state index contributed by atoms with van der Waals surface area (Å²) in [6.07, 6.45) is 0.788. The Morgan fingerprint density at radius 2 is 1.89 bits per heavy atom. The molecule has 9 nitrogen and oxygen atoms in total. The largest absolute Gasteiger partial charge is 0.433 e. The first-order valence-electron chi connectivity index (χ1n) is 8.04. The smallest absolute Gasteiger partial charge is 0.328 e. The third-order valence-electron chi connectivity index (χ3n) is 3.70. The van der Waals surface area contributed by atoms with E-state index in [1.807, 2.05) is 0 Å². The zero-order valence-electron chi connectivity index (χ0n) is 14.8. The fraction of sp³-hybridized carbons (Fsp3) is 0.250. The van der Waals surface area contributed by atoms with Gasteiger partial charge in [-0.05, 0) is 31.5 Å². The van der Waals surface area contributed by atoms with Crippen LogP contribution in [0.5, 0.6) is 0 Å². The van der Waals surface area contributed by atoms with Gasteiger partial charge < -0.3 is 10.6 Å². The van der Waals surface area contributed by atoms with Crippen LogP contribution in [0.4, 0.5) is 23.7 Å². The van der Waals surface area contributed by atoms with E-state index in [1.165, 1.54) is 17.9 Å². The van der Waals surface area contributed by atoms with Gasteiger partial charge >= 0.3 is 12.2 Å². The fourth-order valence-electron chi connectivity index (χ4n) is 2.36. The topological polar surface area (TPSA) is 111 Å². The molecule has 0 spiro atoms. The molecule has 3 aromatic heterocycles. The van der Waals surface area contributed by atoms with Crippen molar-refractivity contribution < 1.29 is 18.0 Å². The number of pyridine rings is 1. The van der Waals surface area contributed by atoms with E-state index < -0.39 is 23.9 Å². The summed E-state index contributed by atoms with van der Waals surface area (Å²) in [6.45, 7) is 3.11. The molecule has 0 radical (unpaired) electrons. The number of alkyl halides is 3. The molecule has 0 saturated heterocycles. The number of carbonyl (C=O) groups excluding carboxylic acids is 1. The van der Waals surface area contributed by atoms with Gasteiger partial charge in [0.05, 0.1) is 17.9 Å². The number of hydrogen-bond donors (Lipinski definition) is 2. The number of amides is 2. The van der Waals surface area contributed by atoms with Crippen molar-refractivity contribution in [2.75, 3.05) is 5.32 Å². The van der Waals surface area contributed by atoms with E-state index in [-0.39, 0.29) is 17.2 Å². The van der Waals surface area contributed by atoms with Gasteiger partial charge in [-0.15, -0.1) is 0 Å². The first-order valence-corrected chi connectivity index (χ1v) is 8.04. The number of urea groups is 1. The predicted octanol–water partition coefficient (Wildman–Crippen LogP) is 2.66. The number of halogens is 3. The van der Waals surface area contributed by atoms with Gasteiger partial charge in [-0.25, -0.2) is 24.7 Å². The van der Waals surface area contributed by atoms with Gasteiger partial charge in [0.1, 0.15) is 12.0 Å². The van der Waals surface area contributed by atoms with Crippen LogP contribution in [0.2, 0.25) is 0 Å². The van der Waals surface area contributed by atoms with Crippen molar-refractivity contribution in [3.05, 3.63) is 54.1 Å². The number of nitrogens with zero attached hydrogens (tertiary/aromatic N) is 6. The standard InChI is InChI=1S/C16H15F3N8O/c1-9-6-12(16(17,18)19)22-7-11(9)26-15(28)25-10(2)13-23-8-24-27(13)14-20-4-3-5-21-14/h3-8,10H,1-2H3,(H2,25,26,28)/t10-/m0/s1. The molecule has 0 aliphatic carbocycles. The number of rotatable bonds is 4. The minimum atomic E-state index is -4.55. The lowest BCUT2D eigenvalue weighted by atomic mass is 10.2. The second kappa shape index (κ2) is 7.58. The Bertz CT molecular complexity index is 974. The monoisotopic (exact) mass is 392 g/mol. The van der Waals surface area contributed by atoms with Crippen LogP contribution in [0.1, 0.15) is 30.0 Å². The molecule has 2 N–H and O–H groups in total. The van der Waals surface area contributed by atoms with Gasteiger partial charge in [0, 0.05) is 12.4 Å². The first-order chi connectivity index (χ1) is 13.3. The Morgan fingerprint density at radius 3 is 2.54 bits per heavy atom. The van der Waals surface area contributed by atoms with Crippen LogP contribution < -0.4 is 10.6 Å². The summed E-state index contributed by atoms with van der Waals surface area (Å²) in [6, 6.07) is 1.28. The quantitative estimate of drug-likeness (QED) is 0.706. The van der Waals surface area contributed by atoms with Gasteiger partial charge in [0.15, 0.2) is 5.82 Å². The maximum absolute atomic E-state index is 12.7. The Labute approximate surface area is 157 Å². The highest BCUT2D eigenvalue weighted by Gasteiger charge is 2.32. The number of aromatic nitrogens is 6. The van der Waals surface area contributed by atoms with E-state index in [0.29, 0.717) is 5.82 Å². The predicted molar refractivity (Wildman–Crippen MR) is 91.5 cm³/mol. The molecule has 0 saturated carbocycles. The molecule has 0 bridgehead atoms.